The Morgan fingerprint density at radius 1 is 1.13 bits per heavy atom. The lowest BCUT2D eigenvalue weighted by Crippen LogP contribution is -2.21. The minimum atomic E-state index is -4.05. The van der Waals surface area contributed by atoms with E-state index in [1.807, 2.05) is 49.3 Å². The quantitative estimate of drug-likeness (QED) is 0.332. The van der Waals surface area contributed by atoms with Crippen LogP contribution >= 0.6 is 23.8 Å². The molecule has 12 heteroatoms. The summed E-state index contributed by atoms with van der Waals surface area (Å²) in [6, 6.07) is 11.1. The van der Waals surface area contributed by atoms with E-state index in [1.165, 1.54) is 13.2 Å². The molecule has 0 saturated heterocycles. The van der Waals surface area contributed by atoms with Crippen LogP contribution in [-0.4, -0.2) is 69.4 Å². The fraction of sp³-hybridized carbons (Fsp3) is 0.308. The second-order valence-electron chi connectivity index (χ2n) is 8.83. The lowest BCUT2D eigenvalue weighted by Gasteiger charge is -2.15. The molecule has 0 unspecified atom stereocenters. The number of nitrogens with zero attached hydrogens (tertiary/aromatic N) is 3. The summed E-state index contributed by atoms with van der Waals surface area (Å²) in [6.07, 6.45) is 3.29. The van der Waals surface area contributed by atoms with Gasteiger partial charge in [-0.2, -0.15) is 5.10 Å². The Bertz CT molecular complexity index is 1530. The number of anilines is 1. The molecule has 1 aliphatic rings. The van der Waals surface area contributed by atoms with Crippen molar-refractivity contribution >= 4 is 55.4 Å². The average molecular weight is 577 g/mol. The number of hydrogen-bond acceptors (Lipinski definition) is 8. The first-order valence-corrected chi connectivity index (χ1v) is 14.0. The van der Waals surface area contributed by atoms with Gasteiger partial charge in [-0.3, -0.25) is 9.40 Å². The van der Waals surface area contributed by atoms with Crippen molar-refractivity contribution in [2.24, 2.45) is 0 Å². The van der Waals surface area contributed by atoms with E-state index in [0.717, 1.165) is 12.1 Å². The summed E-state index contributed by atoms with van der Waals surface area (Å²) >= 11 is 11.4. The molecule has 1 aromatic heterocycles. The molecular weight excluding hydrogens is 548 g/mol. The molecule has 0 fully saturated rings. The Labute approximate surface area is 232 Å². The molecule has 202 valence electrons. The van der Waals surface area contributed by atoms with E-state index in [4.69, 9.17) is 38.0 Å². The van der Waals surface area contributed by atoms with E-state index in [0.29, 0.717) is 46.3 Å². The van der Waals surface area contributed by atoms with Crippen LogP contribution in [0.3, 0.4) is 0 Å². The summed E-state index contributed by atoms with van der Waals surface area (Å²) in [5, 5.41) is 5.47. The maximum atomic E-state index is 13.3. The SMILES string of the molecule is COc1ccc(Cn2nc(NS(=O)(=O)C3=CC(Cl)=CCC3=S)c3c(OC)cccc32)cc1OCCN(C)C. The van der Waals surface area contributed by atoms with Gasteiger partial charge in [0.2, 0.25) is 0 Å². The van der Waals surface area contributed by atoms with E-state index in [1.54, 1.807) is 23.9 Å². The molecule has 0 aliphatic heterocycles. The van der Waals surface area contributed by atoms with Crippen molar-refractivity contribution in [3.63, 3.8) is 0 Å². The predicted octanol–water partition coefficient (Wildman–Crippen LogP) is 4.56. The number of benzene rings is 2. The highest BCUT2D eigenvalue weighted by Crippen LogP contribution is 2.35. The fourth-order valence-electron chi connectivity index (χ4n) is 3.97. The third kappa shape index (κ3) is 6.12. The van der Waals surface area contributed by atoms with Gasteiger partial charge in [0.1, 0.15) is 17.3 Å². The van der Waals surface area contributed by atoms with Crippen LogP contribution in [0.5, 0.6) is 17.2 Å². The predicted molar refractivity (Wildman–Crippen MR) is 154 cm³/mol. The van der Waals surface area contributed by atoms with Crippen molar-refractivity contribution in [2.45, 2.75) is 13.0 Å². The third-order valence-corrected chi connectivity index (χ3v) is 8.05. The number of likely N-dealkylation sites (N-methyl/N-ethyl adjacent to an activating group) is 1. The van der Waals surface area contributed by atoms with Crippen LogP contribution in [0.15, 0.2) is 58.5 Å². The van der Waals surface area contributed by atoms with Crippen molar-refractivity contribution < 1.29 is 22.6 Å². The number of fused-ring (bicyclic) bond motifs is 1. The summed E-state index contributed by atoms with van der Waals surface area (Å²) in [5.74, 6) is 1.84. The molecule has 4 rings (SSSR count). The second kappa shape index (κ2) is 11.7. The van der Waals surface area contributed by atoms with E-state index >= 15 is 0 Å². The molecule has 2 aromatic carbocycles. The van der Waals surface area contributed by atoms with E-state index in [9.17, 15) is 8.42 Å². The molecule has 0 bridgehead atoms. The summed E-state index contributed by atoms with van der Waals surface area (Å²) in [4.78, 5) is 2.26. The van der Waals surface area contributed by atoms with Gasteiger partial charge in [0.05, 0.1) is 31.7 Å². The number of methoxy groups -OCH3 is 2. The number of allylic oxidation sites excluding steroid dienone is 4. The molecule has 9 nitrogen and oxygen atoms in total. The van der Waals surface area contributed by atoms with E-state index in [2.05, 4.69) is 9.82 Å². The molecule has 38 heavy (non-hydrogen) atoms. The fourth-order valence-corrected chi connectivity index (χ4v) is 5.86. The van der Waals surface area contributed by atoms with Crippen molar-refractivity contribution in [3.8, 4) is 17.2 Å². The molecule has 1 aliphatic carbocycles. The molecule has 1 N–H and O–H groups in total. The number of nitrogens with one attached hydrogen (secondary N) is 1. The highest BCUT2D eigenvalue weighted by atomic mass is 35.5. The summed E-state index contributed by atoms with van der Waals surface area (Å²) < 4.78 is 47.9. The van der Waals surface area contributed by atoms with Crippen LogP contribution in [0.2, 0.25) is 0 Å². The Morgan fingerprint density at radius 2 is 1.89 bits per heavy atom. The van der Waals surface area contributed by atoms with Crippen molar-refractivity contribution in [1.29, 1.82) is 0 Å². The van der Waals surface area contributed by atoms with Gasteiger partial charge in [-0.1, -0.05) is 42.0 Å². The van der Waals surface area contributed by atoms with Crippen LogP contribution in [0.4, 0.5) is 5.82 Å². The van der Waals surface area contributed by atoms with Gasteiger partial charge in [-0.25, -0.2) is 8.42 Å². The first-order valence-electron chi connectivity index (χ1n) is 11.7. The third-order valence-electron chi connectivity index (χ3n) is 5.86. The summed E-state index contributed by atoms with van der Waals surface area (Å²) in [7, 11) is 3.01. The van der Waals surface area contributed by atoms with Crippen LogP contribution in [-0.2, 0) is 16.6 Å². The zero-order chi connectivity index (χ0) is 27.4. The van der Waals surface area contributed by atoms with E-state index < -0.39 is 10.0 Å². The van der Waals surface area contributed by atoms with Gasteiger partial charge >= 0.3 is 0 Å². The zero-order valence-corrected chi connectivity index (χ0v) is 23.9. The van der Waals surface area contributed by atoms with Crippen molar-refractivity contribution in [1.82, 2.24) is 14.7 Å². The normalized spacial score (nSPS) is 13.9. The summed E-state index contributed by atoms with van der Waals surface area (Å²) in [5.41, 5.74) is 1.58. The Balaban J connectivity index is 1.71. The molecule has 0 radical (unpaired) electrons. The van der Waals surface area contributed by atoms with Gasteiger partial charge < -0.3 is 19.1 Å². The van der Waals surface area contributed by atoms with Gasteiger partial charge in [0, 0.05) is 22.9 Å². The molecule has 0 saturated carbocycles. The topological polar surface area (TPSA) is 94.9 Å². The molecule has 0 atom stereocenters. The monoisotopic (exact) mass is 576 g/mol. The summed E-state index contributed by atoms with van der Waals surface area (Å²) in [6.45, 7) is 1.59. The standard InChI is InChI=1S/C26H29ClN4O5S2/c1-30(2)12-13-36-22-14-17(8-10-20(22)34-3)16-31-19-6-5-7-21(35-4)25(19)26(28-31)29-38(32,33)24-15-18(27)9-11-23(24)37/h5-10,14-15H,11-13,16H2,1-4H3,(H,28,29). The maximum Gasteiger partial charge on any atom is 0.264 e. The minimum absolute atomic E-state index is 0.0488. The molecular formula is C26H29ClN4O5S2. The lowest BCUT2D eigenvalue weighted by molar-refractivity contribution is 0.250. The van der Waals surface area contributed by atoms with Gasteiger partial charge in [-0.15, -0.1) is 0 Å². The molecule has 3 aromatic rings. The zero-order valence-electron chi connectivity index (χ0n) is 21.5. The number of hydrogen-bond donors (Lipinski definition) is 1. The first-order chi connectivity index (χ1) is 18.1. The number of thiocarbonyl (C=S) groups is 1. The van der Waals surface area contributed by atoms with E-state index in [-0.39, 0.29) is 22.0 Å². The van der Waals surface area contributed by atoms with Crippen molar-refractivity contribution in [2.75, 3.05) is 46.2 Å². The van der Waals surface area contributed by atoms with Crippen LogP contribution < -0.4 is 18.9 Å². The largest absolute Gasteiger partial charge is 0.496 e. The lowest BCUT2D eigenvalue weighted by atomic mass is 10.2. The number of sulfonamides is 1. The number of aromatic nitrogens is 2. The highest BCUT2D eigenvalue weighted by Gasteiger charge is 2.27. The van der Waals surface area contributed by atoms with Crippen LogP contribution in [0.25, 0.3) is 10.9 Å². The smallest absolute Gasteiger partial charge is 0.264 e. The average Bonchev–Trinajstić information content (AvgIpc) is 3.21. The Hall–Kier alpha value is -3.12. The molecule has 1 heterocycles. The Kier molecular flexibility index (Phi) is 8.61. The first kappa shape index (κ1) is 27.9. The Morgan fingerprint density at radius 3 is 2.61 bits per heavy atom. The molecule has 0 amide bonds. The number of ether oxygens (including phenoxy) is 3. The van der Waals surface area contributed by atoms with Crippen LogP contribution in [0.1, 0.15) is 12.0 Å². The van der Waals surface area contributed by atoms with Crippen LogP contribution in [0, 0.1) is 0 Å². The maximum absolute atomic E-state index is 13.3. The minimum Gasteiger partial charge on any atom is -0.496 e. The highest BCUT2D eigenvalue weighted by molar-refractivity contribution is 7.99. The van der Waals surface area contributed by atoms with Gasteiger partial charge in [-0.05, 0) is 50.0 Å². The van der Waals surface area contributed by atoms with Gasteiger partial charge in [0.25, 0.3) is 10.0 Å². The van der Waals surface area contributed by atoms with Gasteiger partial charge in [0.15, 0.2) is 17.3 Å². The van der Waals surface area contributed by atoms with Crippen molar-refractivity contribution in [3.05, 3.63) is 64.1 Å². The molecule has 0 spiro atoms. The number of halogens is 1. The number of rotatable bonds is 11. The second-order valence-corrected chi connectivity index (χ2v) is 11.4.